The molecule has 0 saturated carbocycles. The fourth-order valence-electron chi connectivity index (χ4n) is 9.80. The van der Waals surface area contributed by atoms with Gasteiger partial charge in [-0.05, 0) is 110 Å². The Hall–Kier alpha value is -7.54. The van der Waals surface area contributed by atoms with Crippen molar-refractivity contribution in [1.82, 2.24) is 30.4 Å². The first-order chi connectivity index (χ1) is 36.2. The number of benzene rings is 5. The molecule has 5 N–H and O–H groups in total. The van der Waals surface area contributed by atoms with Gasteiger partial charge < -0.3 is 45.2 Å². The first-order valence-electron chi connectivity index (χ1n) is 25.0. The van der Waals surface area contributed by atoms with Crippen LogP contribution >= 0.6 is 23.2 Å². The van der Waals surface area contributed by atoms with Gasteiger partial charge in [0.1, 0.15) is 34.5 Å². The largest absolute Gasteiger partial charge is 0.508 e. The number of urea groups is 1. The molecule has 396 valence electrons. The van der Waals surface area contributed by atoms with Gasteiger partial charge in [0.05, 0.1) is 17.2 Å². The molecule has 0 radical (unpaired) electrons. The number of anilines is 3. The average molecular weight is 1080 g/mol. The van der Waals surface area contributed by atoms with Crippen LogP contribution in [-0.2, 0) is 32.2 Å². The molecule has 1 aromatic heterocycles. The number of phenolic OH excluding ortho intramolecular Hbond substituents is 1. The number of aromatic nitrogens is 2. The first-order valence-corrected chi connectivity index (χ1v) is 25.8. The van der Waals surface area contributed by atoms with Crippen LogP contribution in [-0.4, -0.2) is 111 Å². The smallest absolute Gasteiger partial charge is 0.319 e. The number of aromatic hydroxyl groups is 1. The van der Waals surface area contributed by atoms with Gasteiger partial charge >= 0.3 is 6.03 Å². The van der Waals surface area contributed by atoms with Gasteiger partial charge in [0.25, 0.3) is 5.91 Å². The number of phenols is 1. The molecule has 6 amide bonds. The molecule has 76 heavy (non-hydrogen) atoms. The number of amides is 6. The van der Waals surface area contributed by atoms with Crippen molar-refractivity contribution < 1.29 is 42.9 Å². The summed E-state index contributed by atoms with van der Waals surface area (Å²) in [6.45, 7) is 14.2. The summed E-state index contributed by atoms with van der Waals surface area (Å²) in [5.41, 5.74) is 1.58. The average Bonchev–Trinajstić information content (AvgIpc) is 3.71. The highest BCUT2D eigenvalue weighted by atomic mass is 35.5. The van der Waals surface area contributed by atoms with Crippen LogP contribution in [0.4, 0.5) is 26.6 Å². The third-order valence-corrected chi connectivity index (χ3v) is 14.3. The van der Waals surface area contributed by atoms with Crippen molar-refractivity contribution in [3.8, 4) is 22.6 Å². The molecule has 20 heteroatoms. The number of carbonyl (C=O) groups excluding carboxylic acids is 5. The summed E-state index contributed by atoms with van der Waals surface area (Å²) in [7, 11) is 0. The van der Waals surface area contributed by atoms with Crippen LogP contribution < -0.4 is 30.9 Å². The molecule has 1 atom stereocenters. The monoisotopic (exact) mass is 1070 g/mol. The van der Waals surface area contributed by atoms with E-state index in [0.29, 0.717) is 96.3 Å². The minimum atomic E-state index is -0.725. The van der Waals surface area contributed by atoms with E-state index in [1.54, 1.807) is 47.4 Å². The molecule has 3 aliphatic heterocycles. The van der Waals surface area contributed by atoms with Crippen LogP contribution in [0.5, 0.6) is 11.5 Å². The zero-order valence-electron chi connectivity index (χ0n) is 42.5. The lowest BCUT2D eigenvalue weighted by molar-refractivity contribution is -0.137. The van der Waals surface area contributed by atoms with Crippen LogP contribution in [0, 0.1) is 5.82 Å². The highest BCUT2D eigenvalue weighted by Gasteiger charge is 2.39. The summed E-state index contributed by atoms with van der Waals surface area (Å²) < 4.78 is 29.9. The number of hydrogen-bond donors (Lipinski definition) is 5. The third-order valence-electron chi connectivity index (χ3n) is 13.8. The van der Waals surface area contributed by atoms with Crippen LogP contribution in [0.2, 0.25) is 10.0 Å². The molecule has 5 aromatic carbocycles. The maximum atomic E-state index is 17.1. The molecule has 9 rings (SSSR count). The summed E-state index contributed by atoms with van der Waals surface area (Å²) in [6.07, 6.45) is 2.72. The number of carbonyl (C=O) groups is 5. The van der Waals surface area contributed by atoms with E-state index >= 15 is 4.39 Å². The number of ether oxygens (including phenoxy) is 2. The van der Waals surface area contributed by atoms with Crippen molar-refractivity contribution in [2.45, 2.75) is 83.7 Å². The molecule has 4 heterocycles. The number of nitrogens with one attached hydrogen (secondary N) is 4. The van der Waals surface area contributed by atoms with E-state index in [-0.39, 0.29) is 71.5 Å². The van der Waals surface area contributed by atoms with Crippen molar-refractivity contribution in [2.24, 2.45) is 0 Å². The summed E-state index contributed by atoms with van der Waals surface area (Å²) >= 11 is 13.4. The van der Waals surface area contributed by atoms with Gasteiger partial charge in [0.15, 0.2) is 5.82 Å². The second-order valence-corrected chi connectivity index (χ2v) is 21.2. The lowest BCUT2D eigenvalue weighted by atomic mass is 9.96. The van der Waals surface area contributed by atoms with Gasteiger partial charge in [0.2, 0.25) is 23.7 Å². The predicted octanol–water partition coefficient (Wildman–Crippen LogP) is 9.36. The Kier molecular flexibility index (Phi) is 15.4. The van der Waals surface area contributed by atoms with E-state index in [1.807, 2.05) is 62.9 Å². The minimum absolute atomic E-state index is 0.0355. The fraction of sp³-hybridized carbons (Fsp3) is 0.339. The van der Waals surface area contributed by atoms with Crippen molar-refractivity contribution >= 4 is 92.0 Å². The van der Waals surface area contributed by atoms with Gasteiger partial charge in [0, 0.05) is 91.9 Å². The van der Waals surface area contributed by atoms with E-state index in [2.05, 4.69) is 27.8 Å². The van der Waals surface area contributed by atoms with E-state index < -0.39 is 35.0 Å². The Balaban J connectivity index is 0.804. The number of imide groups is 1. The minimum Gasteiger partial charge on any atom is -0.508 e. The number of rotatable bonds is 17. The van der Waals surface area contributed by atoms with Gasteiger partial charge in [-0.1, -0.05) is 66.2 Å². The van der Waals surface area contributed by atoms with Gasteiger partial charge in [-0.2, -0.15) is 4.98 Å². The zero-order chi connectivity index (χ0) is 54.1. The number of halogens is 3. The van der Waals surface area contributed by atoms with Crippen molar-refractivity contribution in [3.63, 3.8) is 0 Å². The second kappa shape index (κ2) is 22.0. The van der Waals surface area contributed by atoms with Crippen LogP contribution in [0.1, 0.15) is 74.9 Å². The van der Waals surface area contributed by atoms with Gasteiger partial charge in [-0.25, -0.2) is 14.2 Å². The van der Waals surface area contributed by atoms with Crippen LogP contribution in [0.25, 0.3) is 32.8 Å². The lowest BCUT2D eigenvalue weighted by Crippen LogP contribution is -2.52. The molecule has 6 aromatic rings. The Bertz CT molecular complexity index is 3310. The molecule has 17 nitrogen and oxygen atoms in total. The van der Waals surface area contributed by atoms with E-state index in [1.165, 1.54) is 17.0 Å². The van der Waals surface area contributed by atoms with Crippen molar-refractivity contribution in [1.29, 1.82) is 0 Å². The molecule has 2 fully saturated rings. The molecule has 0 bridgehead atoms. The normalized spacial score (nSPS) is 16.0. The third kappa shape index (κ3) is 11.9. The van der Waals surface area contributed by atoms with E-state index in [4.69, 9.17) is 42.6 Å². The summed E-state index contributed by atoms with van der Waals surface area (Å²) in [5, 5.41) is 24.2. The summed E-state index contributed by atoms with van der Waals surface area (Å²) in [6, 6.07) is 21.1. The highest BCUT2D eigenvalue weighted by molar-refractivity contribution is 6.35. The Morgan fingerprint density at radius 1 is 0.921 bits per heavy atom. The van der Waals surface area contributed by atoms with Crippen LogP contribution in [0.3, 0.4) is 0 Å². The number of nitrogens with zero attached hydrogens (tertiary/aromatic N) is 5. The Labute approximate surface area is 448 Å². The standard InChI is InChI=1S/C56H58Cl2FN9O8/c1-6-46(71)66-18-20-67(21-19-66)50-42-29-43(58)47(41-28-37(69)24-33-9-7-8-10-39(33)41)48(59)49(42)64-53(65-50)60-17-15-55(2,3)75-22-16-56(4,5)76-38-26-35(57)25-36(27-38)62-54(74)61-30-32-11-12-40-34(23-32)31-68(52(40)73)44-13-14-45(70)63-51(44)72/h6-12,23-29,44,69H,1,13-22,30-31H2,2-5H3,(H,60,64,65)(H2,61,62,74)(H,63,70,72). The Morgan fingerprint density at radius 2 is 1.70 bits per heavy atom. The second-order valence-electron chi connectivity index (χ2n) is 20.3. The molecular formula is C56H58Cl2FN9O8. The molecule has 0 spiro atoms. The van der Waals surface area contributed by atoms with Crippen molar-refractivity contribution in [3.05, 3.63) is 124 Å². The van der Waals surface area contributed by atoms with Gasteiger partial charge in [-0.15, -0.1) is 0 Å². The number of piperazine rings is 1. The van der Waals surface area contributed by atoms with E-state index in [0.717, 1.165) is 16.5 Å². The van der Waals surface area contributed by atoms with Crippen LogP contribution in [0.15, 0.2) is 91.5 Å². The zero-order valence-corrected chi connectivity index (χ0v) is 44.0. The molecule has 1 unspecified atom stereocenters. The highest BCUT2D eigenvalue weighted by Crippen LogP contribution is 2.43. The summed E-state index contributed by atoms with van der Waals surface area (Å²) in [4.78, 5) is 77.5. The lowest BCUT2D eigenvalue weighted by Gasteiger charge is -2.35. The van der Waals surface area contributed by atoms with E-state index in [9.17, 15) is 29.1 Å². The summed E-state index contributed by atoms with van der Waals surface area (Å²) in [5.74, 6) is -0.883. The molecular weight excluding hydrogens is 1020 g/mol. The maximum absolute atomic E-state index is 17.1. The number of hydrogen-bond acceptors (Lipinski definition) is 12. The predicted molar refractivity (Wildman–Crippen MR) is 290 cm³/mol. The fourth-order valence-corrected chi connectivity index (χ4v) is 10.3. The quantitative estimate of drug-likeness (QED) is 0.0428. The topological polar surface area (TPSA) is 208 Å². The Morgan fingerprint density at radius 3 is 2.46 bits per heavy atom. The number of fused-ring (bicyclic) bond motifs is 3. The van der Waals surface area contributed by atoms with Gasteiger partial charge in [-0.3, -0.25) is 24.5 Å². The molecule has 0 aliphatic carbocycles. The van der Waals surface area contributed by atoms with Crippen molar-refractivity contribution in [2.75, 3.05) is 54.9 Å². The molecule has 3 aliphatic rings. The SMILES string of the molecule is C=CC(=O)N1CCN(c2nc(NCCC(C)(C)OCCC(C)(C)Oc3cc(Cl)cc(NC(=O)NCc4ccc5c(c4)CN(C4CCC(=O)NC4=O)C5=O)c3)nc3c(F)c(-c4cc(O)cc5ccccc45)c(Cl)cc23)CC1. The first kappa shape index (κ1) is 53.3. The maximum Gasteiger partial charge on any atom is 0.319 e. The molecule has 2 saturated heterocycles. The number of piperidine rings is 1.